The van der Waals surface area contributed by atoms with Crippen LogP contribution in [-0.2, 0) is 4.74 Å². The van der Waals surface area contributed by atoms with Gasteiger partial charge in [0.15, 0.2) is 6.10 Å². The first-order valence-electron chi connectivity index (χ1n) is 9.35. The molecule has 0 saturated heterocycles. The molecule has 0 aliphatic carbocycles. The van der Waals surface area contributed by atoms with Gasteiger partial charge in [0, 0.05) is 34.9 Å². The van der Waals surface area contributed by atoms with Crippen LogP contribution in [0.5, 0.6) is 5.75 Å². The summed E-state index contributed by atoms with van der Waals surface area (Å²) in [6, 6.07) is 10.2. The van der Waals surface area contributed by atoms with Crippen molar-refractivity contribution in [2.75, 3.05) is 0 Å². The summed E-state index contributed by atoms with van der Waals surface area (Å²) < 4.78 is 36.1. The molecule has 0 aliphatic heterocycles. The number of benzene rings is 1. The van der Waals surface area contributed by atoms with Gasteiger partial charge < -0.3 is 19.0 Å². The predicted molar refractivity (Wildman–Crippen MR) is 108 cm³/mol. The minimum Gasteiger partial charge on any atom is -0.451 e. The number of ether oxygens (including phenoxy) is 2. The fourth-order valence-electron chi connectivity index (χ4n) is 3.22. The lowest BCUT2D eigenvalue weighted by atomic mass is 10.1. The van der Waals surface area contributed by atoms with Gasteiger partial charge in [0.25, 0.3) is 0 Å². The molecule has 2 heterocycles. The summed E-state index contributed by atoms with van der Waals surface area (Å²) in [6.45, 7) is 2.09. The topological polar surface area (TPSA) is 90.4 Å². The number of esters is 1. The highest BCUT2D eigenvalue weighted by atomic mass is 19.3. The smallest absolute Gasteiger partial charge is 0.387 e. The Morgan fingerprint density at radius 1 is 1.06 bits per heavy atom. The minimum absolute atomic E-state index is 0.0281. The molecule has 3 aromatic rings. The standard InChI is InChI=1S/C22H20F2N2O5/c1-12-10-18(13(2)26(12)16-5-7-17(8-6-16)31-22(23)24)20(28)14(3)30-21(29)15-4-9-19(27)25-11-15/h4-11,14,22H,1-3H3,(H,25,27). The summed E-state index contributed by atoms with van der Waals surface area (Å²) in [4.78, 5) is 38.6. The minimum atomic E-state index is -2.91. The first-order valence-corrected chi connectivity index (χ1v) is 9.35. The Bertz CT molecular complexity index is 1150. The van der Waals surface area contributed by atoms with Crippen LogP contribution in [0.3, 0.4) is 0 Å². The van der Waals surface area contributed by atoms with E-state index in [1.165, 1.54) is 37.4 Å². The largest absolute Gasteiger partial charge is 0.451 e. The third kappa shape index (κ3) is 4.88. The molecule has 0 amide bonds. The van der Waals surface area contributed by atoms with E-state index in [1.54, 1.807) is 36.6 Å². The number of rotatable bonds is 7. The van der Waals surface area contributed by atoms with Gasteiger partial charge in [-0.05, 0) is 57.2 Å². The third-order valence-corrected chi connectivity index (χ3v) is 4.69. The van der Waals surface area contributed by atoms with Gasteiger partial charge >= 0.3 is 12.6 Å². The van der Waals surface area contributed by atoms with Crippen LogP contribution in [0.2, 0.25) is 0 Å². The van der Waals surface area contributed by atoms with Gasteiger partial charge in [-0.3, -0.25) is 9.59 Å². The average Bonchev–Trinajstić information content (AvgIpc) is 3.02. The third-order valence-electron chi connectivity index (χ3n) is 4.69. The number of hydrogen-bond acceptors (Lipinski definition) is 5. The number of nitrogens with zero attached hydrogens (tertiary/aromatic N) is 1. The van der Waals surface area contributed by atoms with Crippen LogP contribution < -0.4 is 10.3 Å². The van der Waals surface area contributed by atoms with Crippen LogP contribution in [0.25, 0.3) is 5.69 Å². The number of carbonyl (C=O) groups is 2. The molecule has 1 aromatic carbocycles. The zero-order valence-electron chi connectivity index (χ0n) is 17.0. The number of alkyl halides is 2. The van der Waals surface area contributed by atoms with Crippen LogP contribution in [0.15, 0.2) is 53.5 Å². The molecule has 0 saturated carbocycles. The summed E-state index contributed by atoms with van der Waals surface area (Å²) in [5.41, 5.74) is 2.14. The highest BCUT2D eigenvalue weighted by Crippen LogP contribution is 2.25. The molecule has 9 heteroatoms. The van der Waals surface area contributed by atoms with Crippen molar-refractivity contribution < 1.29 is 27.8 Å². The molecule has 7 nitrogen and oxygen atoms in total. The molecule has 3 rings (SSSR count). The van der Waals surface area contributed by atoms with E-state index in [-0.39, 0.29) is 16.9 Å². The van der Waals surface area contributed by atoms with Crippen molar-refractivity contribution in [2.45, 2.75) is 33.5 Å². The summed E-state index contributed by atoms with van der Waals surface area (Å²) in [5.74, 6) is -1.10. The highest BCUT2D eigenvalue weighted by molar-refractivity contribution is 6.02. The molecule has 162 valence electrons. The summed E-state index contributed by atoms with van der Waals surface area (Å²) in [6.07, 6.45) is 0.157. The number of aryl methyl sites for hydroxylation is 1. The molecule has 0 fully saturated rings. The van der Waals surface area contributed by atoms with E-state index in [4.69, 9.17) is 4.74 Å². The number of carbonyl (C=O) groups excluding carboxylic acids is 2. The molecule has 1 unspecified atom stereocenters. The lowest BCUT2D eigenvalue weighted by Crippen LogP contribution is -2.25. The van der Waals surface area contributed by atoms with Gasteiger partial charge in [-0.15, -0.1) is 0 Å². The Morgan fingerprint density at radius 3 is 2.32 bits per heavy atom. The Labute approximate surface area is 176 Å². The number of hydrogen-bond donors (Lipinski definition) is 1. The Hall–Kier alpha value is -3.75. The molecule has 0 radical (unpaired) electrons. The molecule has 0 bridgehead atoms. The molecular weight excluding hydrogens is 410 g/mol. The van der Waals surface area contributed by atoms with Crippen molar-refractivity contribution in [3.8, 4) is 11.4 Å². The van der Waals surface area contributed by atoms with Crippen molar-refractivity contribution >= 4 is 11.8 Å². The average molecular weight is 430 g/mol. The summed E-state index contributed by atoms with van der Waals surface area (Å²) in [7, 11) is 0. The number of ketones is 1. The number of pyridine rings is 1. The molecule has 0 spiro atoms. The van der Waals surface area contributed by atoms with E-state index in [1.807, 2.05) is 0 Å². The van der Waals surface area contributed by atoms with Gasteiger partial charge in [0.05, 0.1) is 5.56 Å². The normalized spacial score (nSPS) is 11.9. The number of aromatic nitrogens is 2. The molecule has 1 atom stereocenters. The molecule has 0 aliphatic rings. The second-order valence-electron chi connectivity index (χ2n) is 6.85. The summed E-state index contributed by atoms with van der Waals surface area (Å²) in [5, 5.41) is 0. The predicted octanol–water partition coefficient (Wildman–Crippen LogP) is 3.81. The van der Waals surface area contributed by atoms with Gasteiger partial charge in [-0.2, -0.15) is 8.78 Å². The second kappa shape index (κ2) is 8.95. The van der Waals surface area contributed by atoms with Crippen molar-refractivity contribution in [3.05, 3.63) is 81.5 Å². The molecular formula is C22H20F2N2O5. The fourth-order valence-corrected chi connectivity index (χ4v) is 3.22. The van der Waals surface area contributed by atoms with Crippen LogP contribution in [-0.4, -0.2) is 34.0 Å². The van der Waals surface area contributed by atoms with Crippen LogP contribution >= 0.6 is 0 Å². The lowest BCUT2D eigenvalue weighted by molar-refractivity contribution is -0.0498. The highest BCUT2D eigenvalue weighted by Gasteiger charge is 2.25. The SMILES string of the molecule is Cc1cc(C(=O)C(C)OC(=O)c2ccc(=O)[nH]c2)c(C)n1-c1ccc(OC(F)F)cc1. The zero-order chi connectivity index (χ0) is 22.7. The van der Waals surface area contributed by atoms with Crippen LogP contribution in [0.1, 0.15) is 39.0 Å². The second-order valence-corrected chi connectivity index (χ2v) is 6.85. The first-order chi connectivity index (χ1) is 14.7. The van der Waals surface area contributed by atoms with Gasteiger partial charge in [-0.25, -0.2) is 4.79 Å². The zero-order valence-corrected chi connectivity index (χ0v) is 17.0. The quantitative estimate of drug-likeness (QED) is 0.455. The number of Topliss-reactive ketones (excluding diaryl/α,β-unsaturated/α-hetero) is 1. The van der Waals surface area contributed by atoms with E-state index in [0.29, 0.717) is 16.9 Å². The van der Waals surface area contributed by atoms with Gasteiger partial charge in [0.2, 0.25) is 11.3 Å². The first kappa shape index (κ1) is 21.9. The maximum atomic E-state index is 12.9. The van der Waals surface area contributed by atoms with Gasteiger partial charge in [-0.1, -0.05) is 0 Å². The van der Waals surface area contributed by atoms with Gasteiger partial charge in [0.1, 0.15) is 5.75 Å². The fraction of sp³-hybridized carbons (Fsp3) is 0.227. The van der Waals surface area contributed by atoms with Crippen molar-refractivity contribution in [2.24, 2.45) is 0 Å². The Kier molecular flexibility index (Phi) is 6.33. The molecule has 31 heavy (non-hydrogen) atoms. The van der Waals surface area contributed by atoms with Crippen molar-refractivity contribution in [1.29, 1.82) is 0 Å². The Morgan fingerprint density at radius 2 is 1.74 bits per heavy atom. The monoisotopic (exact) mass is 430 g/mol. The van der Waals surface area contributed by atoms with Crippen LogP contribution in [0, 0.1) is 13.8 Å². The maximum Gasteiger partial charge on any atom is 0.387 e. The van der Waals surface area contributed by atoms with Crippen molar-refractivity contribution in [3.63, 3.8) is 0 Å². The number of halogens is 2. The van der Waals surface area contributed by atoms with E-state index in [2.05, 4.69) is 9.72 Å². The van der Waals surface area contributed by atoms with E-state index >= 15 is 0 Å². The van der Waals surface area contributed by atoms with Crippen LogP contribution in [0.4, 0.5) is 8.78 Å². The Balaban J connectivity index is 1.80. The van der Waals surface area contributed by atoms with E-state index < -0.39 is 24.5 Å². The number of nitrogens with one attached hydrogen (secondary N) is 1. The molecule has 2 aromatic heterocycles. The number of aromatic amines is 1. The van der Waals surface area contributed by atoms with E-state index in [9.17, 15) is 23.2 Å². The summed E-state index contributed by atoms with van der Waals surface area (Å²) >= 11 is 0. The van der Waals surface area contributed by atoms with Crippen molar-refractivity contribution in [1.82, 2.24) is 9.55 Å². The molecule has 1 N–H and O–H groups in total. The van der Waals surface area contributed by atoms with E-state index in [0.717, 1.165) is 5.69 Å². The maximum absolute atomic E-state index is 12.9. The number of H-pyrrole nitrogens is 1. The lowest BCUT2D eigenvalue weighted by Gasteiger charge is -2.13.